The van der Waals surface area contributed by atoms with Crippen LogP contribution in [0.2, 0.25) is 0 Å². The highest BCUT2D eigenvalue weighted by molar-refractivity contribution is 5.98. The van der Waals surface area contributed by atoms with E-state index in [4.69, 9.17) is 9.47 Å². The Morgan fingerprint density at radius 2 is 2.18 bits per heavy atom. The van der Waals surface area contributed by atoms with Crippen molar-refractivity contribution in [1.29, 1.82) is 0 Å². The van der Waals surface area contributed by atoms with E-state index in [0.717, 1.165) is 18.5 Å². The van der Waals surface area contributed by atoms with Crippen LogP contribution >= 0.6 is 0 Å². The minimum Gasteiger partial charge on any atom is -0.492 e. The maximum Gasteiger partial charge on any atom is 0.253 e. The number of benzene rings is 1. The van der Waals surface area contributed by atoms with Gasteiger partial charge in [-0.2, -0.15) is 0 Å². The SMILES string of the molecule is C=CC(=O)N1CCC[C@@]1(C)COc1cnccc1-c1cc2c(n1Nc1cccc(F)c1OC)CCNC2=O. The lowest BCUT2D eigenvalue weighted by atomic mass is 10.00. The standard InChI is InChI=1S/C28H30FN5O4/c1-4-25(35)33-14-6-11-28(33,2)17-38-24-16-30-12-9-18(24)23-15-19-22(10-13-31-27(19)36)34(23)32-21-8-5-7-20(29)26(21)37-3/h4-5,7-9,12,15-16,32H,1,6,10-11,13-14,17H2,2-3H3,(H,31,36)/t28-/m0/s1. The van der Waals surface area contributed by atoms with Gasteiger partial charge >= 0.3 is 0 Å². The molecule has 0 aliphatic carbocycles. The summed E-state index contributed by atoms with van der Waals surface area (Å²) in [6.45, 7) is 7.01. The third-order valence-corrected chi connectivity index (χ3v) is 7.19. The fourth-order valence-corrected chi connectivity index (χ4v) is 5.23. The number of rotatable bonds is 8. The van der Waals surface area contributed by atoms with E-state index in [2.05, 4.69) is 22.3 Å². The number of carbonyl (C=O) groups is 2. The highest BCUT2D eigenvalue weighted by Gasteiger charge is 2.39. The maximum absolute atomic E-state index is 14.5. The number of pyridine rings is 1. The van der Waals surface area contributed by atoms with E-state index >= 15 is 0 Å². The van der Waals surface area contributed by atoms with Crippen LogP contribution in [-0.4, -0.2) is 58.7 Å². The van der Waals surface area contributed by atoms with Gasteiger partial charge in [-0.25, -0.2) is 4.39 Å². The van der Waals surface area contributed by atoms with E-state index in [9.17, 15) is 14.0 Å². The molecule has 2 aliphatic rings. The van der Waals surface area contributed by atoms with Crippen molar-refractivity contribution in [2.75, 3.05) is 32.2 Å². The van der Waals surface area contributed by atoms with Gasteiger partial charge in [0.25, 0.3) is 5.91 Å². The van der Waals surface area contributed by atoms with Crippen LogP contribution in [0.5, 0.6) is 11.5 Å². The molecule has 198 valence electrons. The zero-order chi connectivity index (χ0) is 26.9. The molecule has 3 aromatic rings. The lowest BCUT2D eigenvalue weighted by Gasteiger charge is -2.34. The number of nitrogens with zero attached hydrogens (tertiary/aromatic N) is 3. The van der Waals surface area contributed by atoms with Crippen LogP contribution < -0.4 is 20.2 Å². The van der Waals surface area contributed by atoms with E-state index in [1.165, 1.54) is 19.3 Å². The van der Waals surface area contributed by atoms with Gasteiger partial charge in [-0.1, -0.05) is 12.6 Å². The molecule has 2 N–H and O–H groups in total. The minimum absolute atomic E-state index is 0.0634. The summed E-state index contributed by atoms with van der Waals surface area (Å²) in [5.41, 5.74) is 5.77. The van der Waals surface area contributed by atoms with Crippen molar-refractivity contribution < 1.29 is 23.5 Å². The third-order valence-electron chi connectivity index (χ3n) is 7.19. The van der Waals surface area contributed by atoms with E-state index in [1.54, 1.807) is 46.2 Å². The highest BCUT2D eigenvalue weighted by atomic mass is 19.1. The molecule has 1 saturated heterocycles. The monoisotopic (exact) mass is 519 g/mol. The lowest BCUT2D eigenvalue weighted by Crippen LogP contribution is -2.48. The van der Waals surface area contributed by atoms with E-state index in [-0.39, 0.29) is 24.2 Å². The Morgan fingerprint density at radius 3 is 2.97 bits per heavy atom. The van der Waals surface area contributed by atoms with E-state index in [0.29, 0.717) is 47.8 Å². The van der Waals surface area contributed by atoms with Gasteiger partial charge in [-0.05, 0) is 50.1 Å². The summed E-state index contributed by atoms with van der Waals surface area (Å²) in [7, 11) is 1.40. The van der Waals surface area contributed by atoms with E-state index in [1.807, 2.05) is 6.92 Å². The molecule has 5 rings (SSSR count). The summed E-state index contributed by atoms with van der Waals surface area (Å²) >= 11 is 0. The predicted molar refractivity (Wildman–Crippen MR) is 141 cm³/mol. The van der Waals surface area contributed by atoms with Crippen molar-refractivity contribution in [2.24, 2.45) is 0 Å². The normalized spacial score (nSPS) is 18.5. The van der Waals surface area contributed by atoms with Crippen LogP contribution in [0, 0.1) is 5.82 Å². The van der Waals surface area contributed by atoms with Gasteiger partial charge in [-0.15, -0.1) is 0 Å². The van der Waals surface area contributed by atoms with Gasteiger partial charge in [0.2, 0.25) is 5.91 Å². The molecule has 0 spiro atoms. The lowest BCUT2D eigenvalue weighted by molar-refractivity contribution is -0.130. The quantitative estimate of drug-likeness (QED) is 0.440. The zero-order valence-corrected chi connectivity index (χ0v) is 21.4. The molecule has 0 saturated carbocycles. The molecule has 10 heteroatoms. The smallest absolute Gasteiger partial charge is 0.253 e. The van der Waals surface area contributed by atoms with Crippen LogP contribution in [0.3, 0.4) is 0 Å². The second kappa shape index (κ2) is 10.2. The molecule has 0 unspecified atom stereocenters. The number of aromatic nitrogens is 2. The molecule has 38 heavy (non-hydrogen) atoms. The summed E-state index contributed by atoms with van der Waals surface area (Å²) in [4.78, 5) is 31.2. The maximum atomic E-state index is 14.5. The van der Waals surface area contributed by atoms with Crippen molar-refractivity contribution in [3.63, 3.8) is 0 Å². The second-order valence-corrected chi connectivity index (χ2v) is 9.62. The van der Waals surface area contributed by atoms with Crippen molar-refractivity contribution in [1.82, 2.24) is 19.9 Å². The Kier molecular flexibility index (Phi) is 6.79. The number of anilines is 1. The number of carbonyl (C=O) groups excluding carboxylic acids is 2. The Labute approximate surface area is 220 Å². The second-order valence-electron chi connectivity index (χ2n) is 9.62. The van der Waals surface area contributed by atoms with Crippen LogP contribution in [0.1, 0.15) is 35.8 Å². The summed E-state index contributed by atoms with van der Waals surface area (Å²) in [6, 6.07) is 8.20. The van der Waals surface area contributed by atoms with Gasteiger partial charge in [0.15, 0.2) is 11.6 Å². The summed E-state index contributed by atoms with van der Waals surface area (Å²) in [6.07, 6.45) is 6.84. The number of fused-ring (bicyclic) bond motifs is 1. The number of halogens is 1. The molecule has 1 aromatic carbocycles. The molecular weight excluding hydrogens is 489 g/mol. The summed E-state index contributed by atoms with van der Waals surface area (Å²) < 4.78 is 27.9. The van der Waals surface area contributed by atoms with Gasteiger partial charge in [0.1, 0.15) is 12.4 Å². The predicted octanol–water partition coefficient (Wildman–Crippen LogP) is 3.80. The first-order valence-corrected chi connectivity index (χ1v) is 12.5. The van der Waals surface area contributed by atoms with Crippen molar-refractivity contribution in [3.8, 4) is 22.8 Å². The zero-order valence-electron chi connectivity index (χ0n) is 21.4. The van der Waals surface area contributed by atoms with Crippen LogP contribution in [0.15, 0.2) is 55.4 Å². The highest BCUT2D eigenvalue weighted by Crippen LogP contribution is 2.37. The summed E-state index contributed by atoms with van der Waals surface area (Å²) in [5.74, 6) is -0.257. The number of hydrogen-bond donors (Lipinski definition) is 2. The van der Waals surface area contributed by atoms with Crippen LogP contribution in [0.4, 0.5) is 10.1 Å². The minimum atomic E-state index is -0.505. The average molecular weight is 520 g/mol. The van der Waals surface area contributed by atoms with Crippen molar-refractivity contribution >= 4 is 17.5 Å². The number of methoxy groups -OCH3 is 1. The third kappa shape index (κ3) is 4.46. The number of ether oxygens (including phenoxy) is 2. The Morgan fingerprint density at radius 1 is 1.34 bits per heavy atom. The van der Waals surface area contributed by atoms with Gasteiger partial charge in [0, 0.05) is 31.3 Å². The molecule has 2 aromatic heterocycles. The average Bonchev–Trinajstić information content (AvgIpc) is 3.49. The molecule has 1 atom stereocenters. The summed E-state index contributed by atoms with van der Waals surface area (Å²) in [5, 5.41) is 2.87. The molecule has 2 amide bonds. The number of amides is 2. The fraction of sp³-hybridized carbons (Fsp3) is 0.321. The molecule has 2 aliphatic heterocycles. The van der Waals surface area contributed by atoms with Crippen molar-refractivity contribution in [2.45, 2.75) is 31.7 Å². The first-order chi connectivity index (χ1) is 18.4. The van der Waals surface area contributed by atoms with Gasteiger partial charge in [0.05, 0.1) is 41.5 Å². The number of likely N-dealkylation sites (tertiary alicyclic amines) is 1. The van der Waals surface area contributed by atoms with Gasteiger partial charge < -0.3 is 19.7 Å². The number of hydrogen-bond acceptors (Lipinski definition) is 6. The topological polar surface area (TPSA) is 97.7 Å². The molecular formula is C28H30FN5O4. The number of para-hydroxylation sites is 1. The van der Waals surface area contributed by atoms with E-state index < -0.39 is 11.4 Å². The van der Waals surface area contributed by atoms with Crippen molar-refractivity contribution in [3.05, 3.63) is 72.5 Å². The largest absolute Gasteiger partial charge is 0.492 e. The Balaban J connectivity index is 1.54. The molecule has 9 nitrogen and oxygen atoms in total. The Hall–Kier alpha value is -4.34. The van der Waals surface area contributed by atoms with Crippen LogP contribution in [-0.2, 0) is 11.2 Å². The Bertz CT molecular complexity index is 1400. The first-order valence-electron chi connectivity index (χ1n) is 12.5. The van der Waals surface area contributed by atoms with Crippen LogP contribution in [0.25, 0.3) is 11.3 Å². The molecule has 4 heterocycles. The molecule has 0 radical (unpaired) electrons. The van der Waals surface area contributed by atoms with Gasteiger partial charge in [-0.3, -0.25) is 24.7 Å². The molecule has 1 fully saturated rings. The number of nitrogens with one attached hydrogen (secondary N) is 2. The first kappa shape index (κ1) is 25.3. The fourth-order valence-electron chi connectivity index (χ4n) is 5.23. The molecule has 0 bridgehead atoms.